The van der Waals surface area contributed by atoms with Gasteiger partial charge in [0.25, 0.3) is 0 Å². The summed E-state index contributed by atoms with van der Waals surface area (Å²) in [6.45, 7) is 12.5. The molecule has 0 aliphatic carbocycles. The topological polar surface area (TPSA) is 67.5 Å². The molecular formula is C28H38N6OS. The predicted molar refractivity (Wildman–Crippen MR) is 149 cm³/mol. The maximum Gasteiger partial charge on any atom is 0.318 e. The number of piperazine rings is 1. The zero-order valence-corrected chi connectivity index (χ0v) is 22.7. The van der Waals surface area contributed by atoms with Crippen LogP contribution in [0.5, 0.6) is 0 Å². The van der Waals surface area contributed by atoms with Crippen LogP contribution in [-0.2, 0) is 6.54 Å². The van der Waals surface area contributed by atoms with Gasteiger partial charge in [0.05, 0.1) is 6.04 Å². The predicted octanol–water partition coefficient (Wildman–Crippen LogP) is 5.02. The molecular weight excluding hydrogens is 468 g/mol. The van der Waals surface area contributed by atoms with Gasteiger partial charge >= 0.3 is 6.03 Å². The van der Waals surface area contributed by atoms with Gasteiger partial charge in [0, 0.05) is 84.0 Å². The lowest BCUT2D eigenvalue weighted by Gasteiger charge is -2.34. The lowest BCUT2D eigenvalue weighted by Crippen LogP contribution is -2.49. The van der Waals surface area contributed by atoms with Gasteiger partial charge in [0.15, 0.2) is 0 Å². The van der Waals surface area contributed by atoms with Gasteiger partial charge in [0.2, 0.25) is 0 Å². The van der Waals surface area contributed by atoms with Crippen LogP contribution in [0.1, 0.15) is 44.1 Å². The number of rotatable bonds is 6. The van der Waals surface area contributed by atoms with E-state index in [4.69, 9.17) is 4.98 Å². The Balaban J connectivity index is 1.36. The molecule has 0 aromatic carbocycles. The van der Waals surface area contributed by atoms with Crippen molar-refractivity contribution in [3.8, 4) is 10.4 Å². The average Bonchev–Trinajstić information content (AvgIpc) is 3.51. The van der Waals surface area contributed by atoms with Gasteiger partial charge in [-0.3, -0.25) is 4.90 Å². The van der Waals surface area contributed by atoms with E-state index in [2.05, 4.69) is 64.5 Å². The third-order valence-corrected chi connectivity index (χ3v) is 8.42. The Morgan fingerprint density at radius 1 is 1.22 bits per heavy atom. The Morgan fingerprint density at radius 3 is 2.78 bits per heavy atom. The van der Waals surface area contributed by atoms with Crippen molar-refractivity contribution in [3.63, 3.8) is 0 Å². The minimum absolute atomic E-state index is 0.0279. The Kier molecular flexibility index (Phi) is 7.46. The third-order valence-electron chi connectivity index (χ3n) is 7.31. The van der Waals surface area contributed by atoms with E-state index in [-0.39, 0.29) is 18.1 Å². The highest BCUT2D eigenvalue weighted by molar-refractivity contribution is 7.15. The standard InChI is InChI=1S/C28H38N6OS/c1-5-22-14-20(8-9-34(22)28(35)31-19(2)3)25-17-30-27-24(25)15-21(16-29-27)26-7-6-23(36-26)18-33-12-10-32(4)11-13-33/h6-7,14-17,19,22H,5,8-13,18H2,1-4H3,(H,29,30)(H,31,35). The first kappa shape index (κ1) is 25.0. The summed E-state index contributed by atoms with van der Waals surface area (Å²) in [4.78, 5) is 30.4. The number of fused-ring (bicyclic) bond motifs is 1. The Labute approximate surface area is 218 Å². The number of carbonyl (C=O) groups is 1. The average molecular weight is 507 g/mol. The van der Waals surface area contributed by atoms with Crippen molar-refractivity contribution >= 4 is 34.0 Å². The number of aromatic amines is 1. The number of H-pyrrole nitrogens is 1. The molecule has 3 aromatic rings. The van der Waals surface area contributed by atoms with E-state index in [1.807, 2.05) is 36.3 Å². The Bertz CT molecular complexity index is 1240. The van der Waals surface area contributed by atoms with Crippen LogP contribution >= 0.6 is 11.3 Å². The second kappa shape index (κ2) is 10.7. The first-order chi connectivity index (χ1) is 17.4. The number of urea groups is 1. The molecule has 5 rings (SSSR count). The van der Waals surface area contributed by atoms with Gasteiger partial charge in [-0.15, -0.1) is 11.3 Å². The number of pyridine rings is 1. The first-order valence-corrected chi connectivity index (χ1v) is 14.0. The molecule has 2 aliphatic rings. The second-order valence-corrected chi connectivity index (χ2v) is 11.6. The van der Waals surface area contributed by atoms with E-state index in [0.29, 0.717) is 0 Å². The molecule has 1 fully saturated rings. The van der Waals surface area contributed by atoms with E-state index >= 15 is 0 Å². The smallest absolute Gasteiger partial charge is 0.318 e. The highest BCUT2D eigenvalue weighted by atomic mass is 32.1. The zero-order chi connectivity index (χ0) is 25.2. The number of carbonyl (C=O) groups excluding carboxylic acids is 1. The molecule has 1 saturated heterocycles. The molecule has 36 heavy (non-hydrogen) atoms. The number of nitrogens with zero attached hydrogens (tertiary/aromatic N) is 4. The van der Waals surface area contributed by atoms with Crippen LogP contribution in [0.2, 0.25) is 0 Å². The van der Waals surface area contributed by atoms with Crippen LogP contribution in [0, 0.1) is 0 Å². The van der Waals surface area contributed by atoms with Crippen molar-refractivity contribution in [1.82, 2.24) is 30.0 Å². The molecule has 1 atom stereocenters. The highest BCUT2D eigenvalue weighted by Crippen LogP contribution is 2.35. The monoisotopic (exact) mass is 506 g/mol. The highest BCUT2D eigenvalue weighted by Gasteiger charge is 2.27. The maximum absolute atomic E-state index is 12.7. The molecule has 0 radical (unpaired) electrons. The lowest BCUT2D eigenvalue weighted by molar-refractivity contribution is 0.149. The number of nitrogens with one attached hydrogen (secondary N) is 2. The van der Waals surface area contributed by atoms with Crippen LogP contribution < -0.4 is 5.32 Å². The normalized spacial score (nSPS) is 19.8. The van der Waals surface area contributed by atoms with E-state index in [1.165, 1.54) is 26.5 Å². The molecule has 1 unspecified atom stereocenters. The number of hydrogen-bond acceptors (Lipinski definition) is 5. The molecule has 0 spiro atoms. The summed E-state index contributed by atoms with van der Waals surface area (Å²) >= 11 is 1.87. The fourth-order valence-corrected chi connectivity index (χ4v) is 6.24. The van der Waals surface area contributed by atoms with Gasteiger partial charge in [0.1, 0.15) is 5.65 Å². The molecule has 0 saturated carbocycles. The number of amides is 2. The van der Waals surface area contributed by atoms with Gasteiger partial charge in [-0.2, -0.15) is 0 Å². The van der Waals surface area contributed by atoms with E-state index in [9.17, 15) is 4.79 Å². The molecule has 2 aliphatic heterocycles. The molecule has 0 bridgehead atoms. The number of hydrogen-bond donors (Lipinski definition) is 2. The van der Waals surface area contributed by atoms with Crippen molar-refractivity contribution in [2.45, 2.75) is 52.2 Å². The van der Waals surface area contributed by atoms with Crippen LogP contribution in [0.25, 0.3) is 27.0 Å². The zero-order valence-electron chi connectivity index (χ0n) is 21.9. The van der Waals surface area contributed by atoms with Crippen LogP contribution in [-0.4, -0.2) is 82.6 Å². The fraction of sp³-hybridized carbons (Fsp3) is 0.500. The van der Waals surface area contributed by atoms with Crippen molar-refractivity contribution in [2.24, 2.45) is 0 Å². The quantitative estimate of drug-likeness (QED) is 0.492. The SMILES string of the molecule is CCC1C=C(c2c[nH]c3ncc(-c4ccc(CN5CCN(C)CC5)s4)cc23)CCN1C(=O)NC(C)C. The van der Waals surface area contributed by atoms with Crippen LogP contribution in [0.15, 0.2) is 36.7 Å². The van der Waals surface area contributed by atoms with Crippen molar-refractivity contribution in [1.29, 1.82) is 0 Å². The minimum atomic E-state index is 0.0279. The number of aromatic nitrogens is 2. The summed E-state index contributed by atoms with van der Waals surface area (Å²) in [7, 11) is 2.20. The van der Waals surface area contributed by atoms with Gasteiger partial charge in [-0.25, -0.2) is 9.78 Å². The second-order valence-electron chi connectivity index (χ2n) is 10.4. The van der Waals surface area contributed by atoms with Gasteiger partial charge in [-0.1, -0.05) is 13.0 Å². The van der Waals surface area contributed by atoms with Gasteiger partial charge in [-0.05, 0) is 57.5 Å². The maximum atomic E-state index is 12.7. The molecule has 7 nitrogen and oxygen atoms in total. The van der Waals surface area contributed by atoms with Crippen molar-refractivity contribution in [2.75, 3.05) is 39.8 Å². The van der Waals surface area contributed by atoms with Crippen LogP contribution in [0.4, 0.5) is 4.79 Å². The number of likely N-dealkylation sites (N-methyl/N-ethyl adjacent to an activating group) is 1. The summed E-state index contributed by atoms with van der Waals surface area (Å²) in [5.74, 6) is 0. The molecule has 2 amide bonds. The Hall–Kier alpha value is -2.68. The molecule has 192 valence electrons. The summed E-state index contributed by atoms with van der Waals surface area (Å²) in [5, 5.41) is 4.20. The molecule has 8 heteroatoms. The van der Waals surface area contributed by atoms with Crippen LogP contribution in [0.3, 0.4) is 0 Å². The molecule has 5 heterocycles. The van der Waals surface area contributed by atoms with Crippen molar-refractivity contribution < 1.29 is 4.79 Å². The minimum Gasteiger partial charge on any atom is -0.346 e. The summed E-state index contributed by atoms with van der Waals surface area (Å²) < 4.78 is 0. The molecule has 3 aromatic heterocycles. The van der Waals surface area contributed by atoms with E-state index in [0.717, 1.165) is 63.1 Å². The third kappa shape index (κ3) is 5.36. The fourth-order valence-electron chi connectivity index (χ4n) is 5.21. The molecule has 2 N–H and O–H groups in total. The lowest BCUT2D eigenvalue weighted by atomic mass is 9.94. The van der Waals surface area contributed by atoms with E-state index < -0.39 is 0 Å². The van der Waals surface area contributed by atoms with Crippen molar-refractivity contribution in [3.05, 3.63) is 47.1 Å². The first-order valence-electron chi connectivity index (χ1n) is 13.2. The van der Waals surface area contributed by atoms with E-state index in [1.54, 1.807) is 0 Å². The number of thiophene rings is 1. The summed E-state index contributed by atoms with van der Waals surface area (Å²) in [6.07, 6.45) is 8.07. The largest absolute Gasteiger partial charge is 0.346 e. The Morgan fingerprint density at radius 2 is 2.03 bits per heavy atom. The summed E-state index contributed by atoms with van der Waals surface area (Å²) in [5.41, 5.74) is 4.58. The van der Waals surface area contributed by atoms with Gasteiger partial charge < -0.3 is 20.1 Å². The summed E-state index contributed by atoms with van der Waals surface area (Å²) in [6, 6.07) is 7.05.